The Balaban J connectivity index is 1.93. The van der Waals surface area contributed by atoms with Crippen molar-refractivity contribution in [1.82, 2.24) is 14.4 Å². The van der Waals surface area contributed by atoms with Crippen LogP contribution in [0.4, 0.5) is 11.6 Å². The van der Waals surface area contributed by atoms with Crippen molar-refractivity contribution >= 4 is 26.9 Å². The van der Waals surface area contributed by atoms with Gasteiger partial charge in [0.25, 0.3) is 0 Å². The molecule has 8 heteroatoms. The zero-order valence-electron chi connectivity index (χ0n) is 16.6. The highest BCUT2D eigenvalue weighted by atomic mass is 32.2. The number of hydrogen-bond donors (Lipinski definition) is 0. The fraction of sp³-hybridized carbons (Fsp3) is 0.400. The smallest absolute Gasteiger partial charge is 0.180 e. The van der Waals surface area contributed by atoms with Crippen LogP contribution in [0.2, 0.25) is 0 Å². The van der Waals surface area contributed by atoms with Crippen LogP contribution >= 0.6 is 0 Å². The Labute approximate surface area is 165 Å². The predicted octanol–water partition coefficient (Wildman–Crippen LogP) is 3.29. The molecule has 1 fully saturated rings. The third kappa shape index (κ3) is 3.74. The third-order valence-electron chi connectivity index (χ3n) is 4.76. The van der Waals surface area contributed by atoms with Gasteiger partial charge in [0.15, 0.2) is 11.6 Å². The van der Waals surface area contributed by atoms with E-state index in [0.717, 1.165) is 29.1 Å². The number of hydrogen-bond acceptors (Lipinski definition) is 6. The van der Waals surface area contributed by atoms with E-state index >= 15 is 0 Å². The van der Waals surface area contributed by atoms with E-state index in [1.54, 1.807) is 12.5 Å². The summed E-state index contributed by atoms with van der Waals surface area (Å²) in [5, 5.41) is 0. The van der Waals surface area contributed by atoms with Crippen LogP contribution in [0.1, 0.15) is 12.5 Å². The van der Waals surface area contributed by atoms with Gasteiger partial charge in [-0.3, -0.25) is 0 Å². The van der Waals surface area contributed by atoms with E-state index < -0.39 is 9.73 Å². The number of aryl methyl sites for hydroxylation is 1. The van der Waals surface area contributed by atoms with Gasteiger partial charge >= 0.3 is 0 Å². The summed E-state index contributed by atoms with van der Waals surface area (Å²) >= 11 is 0. The van der Waals surface area contributed by atoms with Crippen molar-refractivity contribution in [2.45, 2.75) is 19.9 Å². The molecule has 0 bridgehead atoms. The monoisotopic (exact) mass is 399 g/mol. The van der Waals surface area contributed by atoms with Crippen molar-refractivity contribution in [3.63, 3.8) is 0 Å². The maximum absolute atomic E-state index is 12.3. The molecule has 0 unspecified atom stereocenters. The fourth-order valence-electron chi connectivity index (χ4n) is 3.56. The molecule has 0 N–H and O–H groups in total. The van der Waals surface area contributed by atoms with Gasteiger partial charge in [-0.1, -0.05) is 6.07 Å². The van der Waals surface area contributed by atoms with Crippen LogP contribution in [-0.2, 0) is 14.5 Å². The average molecular weight is 400 g/mol. The van der Waals surface area contributed by atoms with Crippen molar-refractivity contribution in [2.24, 2.45) is 4.36 Å². The summed E-state index contributed by atoms with van der Waals surface area (Å²) in [5.74, 6) is 1.81. The highest BCUT2D eigenvalue weighted by molar-refractivity contribution is 7.92. The summed E-state index contributed by atoms with van der Waals surface area (Å²) in [6.07, 6.45) is 5.23. The van der Waals surface area contributed by atoms with Crippen molar-refractivity contribution in [3.8, 4) is 11.5 Å². The highest BCUT2D eigenvalue weighted by Crippen LogP contribution is 2.30. The lowest BCUT2D eigenvalue weighted by Crippen LogP contribution is -2.44. The lowest BCUT2D eigenvalue weighted by Gasteiger charge is -2.34. The molecule has 3 aromatic rings. The molecule has 1 saturated heterocycles. The van der Waals surface area contributed by atoms with Gasteiger partial charge in [0.2, 0.25) is 0 Å². The highest BCUT2D eigenvalue weighted by Gasteiger charge is 2.23. The minimum Gasteiger partial charge on any atom is -0.377 e. The first-order valence-corrected chi connectivity index (χ1v) is 11.6. The van der Waals surface area contributed by atoms with Gasteiger partial charge in [-0.2, -0.15) is 4.36 Å². The van der Waals surface area contributed by atoms with Gasteiger partial charge in [0.1, 0.15) is 5.82 Å². The zero-order valence-corrected chi connectivity index (χ0v) is 17.4. The summed E-state index contributed by atoms with van der Waals surface area (Å²) in [7, 11) is -2.34. The second-order valence-corrected chi connectivity index (χ2v) is 10.0. The van der Waals surface area contributed by atoms with Crippen molar-refractivity contribution < 1.29 is 8.95 Å². The van der Waals surface area contributed by atoms with Gasteiger partial charge in [0, 0.05) is 46.6 Å². The van der Waals surface area contributed by atoms with Gasteiger partial charge in [-0.05, 0) is 37.6 Å². The Morgan fingerprint density at radius 1 is 1.25 bits per heavy atom. The SMILES string of the molecule is Cc1cc2ccccn2c1-c1nc(N=S(C)(C)=O)cc(N2CCOC[C@H]2C)n1. The molecule has 7 nitrogen and oxygen atoms in total. The first-order valence-electron chi connectivity index (χ1n) is 9.29. The lowest BCUT2D eigenvalue weighted by atomic mass is 10.2. The molecule has 0 aliphatic carbocycles. The Morgan fingerprint density at radius 3 is 2.82 bits per heavy atom. The number of fused-ring (bicyclic) bond motifs is 1. The summed E-state index contributed by atoms with van der Waals surface area (Å²) in [6.45, 7) is 6.21. The van der Waals surface area contributed by atoms with Gasteiger partial charge in [0.05, 0.1) is 24.9 Å². The molecule has 0 spiro atoms. The van der Waals surface area contributed by atoms with E-state index in [4.69, 9.17) is 9.72 Å². The van der Waals surface area contributed by atoms with Crippen molar-refractivity contribution in [3.05, 3.63) is 42.1 Å². The van der Waals surface area contributed by atoms with E-state index in [0.29, 0.717) is 24.9 Å². The molecule has 0 aromatic carbocycles. The van der Waals surface area contributed by atoms with Crippen molar-refractivity contribution in [2.75, 3.05) is 37.2 Å². The molecular formula is C20H25N5O2S. The summed E-state index contributed by atoms with van der Waals surface area (Å²) in [4.78, 5) is 11.7. The van der Waals surface area contributed by atoms with E-state index in [-0.39, 0.29) is 6.04 Å². The number of aromatic nitrogens is 3. The van der Waals surface area contributed by atoms with Gasteiger partial charge < -0.3 is 14.0 Å². The quantitative estimate of drug-likeness (QED) is 0.676. The molecular weight excluding hydrogens is 374 g/mol. The Kier molecular flexibility index (Phi) is 4.84. The number of morpholine rings is 1. The van der Waals surface area contributed by atoms with E-state index in [1.165, 1.54) is 0 Å². The van der Waals surface area contributed by atoms with Gasteiger partial charge in [-0.15, -0.1) is 0 Å². The molecule has 148 valence electrons. The van der Waals surface area contributed by atoms with E-state index in [1.807, 2.05) is 24.4 Å². The minimum absolute atomic E-state index is 0.196. The summed E-state index contributed by atoms with van der Waals surface area (Å²) in [5.41, 5.74) is 3.09. The topological polar surface area (TPSA) is 72.1 Å². The molecule has 0 saturated carbocycles. The molecule has 28 heavy (non-hydrogen) atoms. The van der Waals surface area contributed by atoms with Crippen LogP contribution in [-0.4, -0.2) is 56.9 Å². The maximum Gasteiger partial charge on any atom is 0.180 e. The van der Waals surface area contributed by atoms with E-state index in [2.05, 4.69) is 44.6 Å². The van der Waals surface area contributed by atoms with Gasteiger partial charge in [-0.25, -0.2) is 14.2 Å². The Bertz CT molecular complexity index is 1140. The largest absolute Gasteiger partial charge is 0.377 e. The maximum atomic E-state index is 12.3. The predicted molar refractivity (Wildman–Crippen MR) is 113 cm³/mol. The van der Waals surface area contributed by atoms with Crippen LogP contribution in [0.15, 0.2) is 40.9 Å². The molecule has 1 aliphatic rings. The number of ether oxygens (including phenoxy) is 1. The van der Waals surface area contributed by atoms with Crippen LogP contribution in [0.5, 0.6) is 0 Å². The average Bonchev–Trinajstić information content (AvgIpc) is 2.96. The Morgan fingerprint density at radius 2 is 2.07 bits per heavy atom. The lowest BCUT2D eigenvalue weighted by molar-refractivity contribution is 0.0985. The molecule has 4 heterocycles. The number of rotatable bonds is 3. The fourth-order valence-corrected chi connectivity index (χ4v) is 4.10. The normalized spacial score (nSPS) is 17.9. The summed E-state index contributed by atoms with van der Waals surface area (Å²) in [6, 6.07) is 10.2. The molecule has 0 amide bonds. The molecule has 4 rings (SSSR count). The number of nitrogens with zero attached hydrogens (tertiary/aromatic N) is 5. The second kappa shape index (κ2) is 7.18. The second-order valence-electron chi connectivity index (χ2n) is 7.47. The van der Waals surface area contributed by atoms with Crippen LogP contribution in [0.25, 0.3) is 17.0 Å². The van der Waals surface area contributed by atoms with Crippen LogP contribution in [0.3, 0.4) is 0 Å². The first-order chi connectivity index (χ1) is 13.3. The summed E-state index contributed by atoms with van der Waals surface area (Å²) < 4.78 is 24.3. The van der Waals surface area contributed by atoms with Crippen LogP contribution in [0, 0.1) is 6.92 Å². The van der Waals surface area contributed by atoms with E-state index in [9.17, 15) is 4.21 Å². The molecule has 1 atom stereocenters. The standard InChI is InChI=1S/C20H25N5O2S/c1-14-11-16-7-5-6-8-25(16)19(14)20-21-17(23-28(3,4)26)12-18(22-20)24-9-10-27-13-15(24)2/h5-8,11-12,15H,9-10,13H2,1-4H3/t15-/m1/s1. The Hall–Kier alpha value is -2.45. The number of anilines is 1. The van der Waals surface area contributed by atoms with Crippen LogP contribution < -0.4 is 4.90 Å². The number of pyridine rings is 1. The minimum atomic E-state index is -2.34. The van der Waals surface area contributed by atoms with Crippen molar-refractivity contribution in [1.29, 1.82) is 0 Å². The molecule has 3 aromatic heterocycles. The zero-order chi connectivity index (χ0) is 19.9. The third-order valence-corrected chi connectivity index (χ3v) is 5.38. The molecule has 1 aliphatic heterocycles. The molecule has 0 radical (unpaired) electrons. The first kappa shape index (κ1) is 18.9.